The van der Waals surface area contributed by atoms with Gasteiger partial charge in [-0.25, -0.2) is 9.97 Å². The minimum atomic E-state index is 0.490. The van der Waals surface area contributed by atoms with Gasteiger partial charge in [0.1, 0.15) is 11.6 Å². The Kier molecular flexibility index (Phi) is 3.14. The molecule has 0 unspecified atom stereocenters. The van der Waals surface area contributed by atoms with Crippen molar-refractivity contribution < 1.29 is 0 Å². The molecular formula is C16H18N6. The number of imidazole rings is 1. The van der Waals surface area contributed by atoms with Gasteiger partial charge in [0.05, 0.1) is 5.52 Å². The Hall–Kier alpha value is -2.63. The number of hydrogen-bond donors (Lipinski definition) is 2. The first-order valence-electron chi connectivity index (χ1n) is 7.58. The second-order valence-electron chi connectivity index (χ2n) is 5.66. The molecule has 0 amide bonds. The lowest BCUT2D eigenvalue weighted by atomic mass is 9.96. The number of aromatic amines is 1. The van der Waals surface area contributed by atoms with Crippen molar-refractivity contribution in [2.45, 2.75) is 18.8 Å². The highest BCUT2D eigenvalue weighted by Gasteiger charge is 2.24. The summed E-state index contributed by atoms with van der Waals surface area (Å²) in [5.74, 6) is 2.85. The Labute approximate surface area is 128 Å². The van der Waals surface area contributed by atoms with E-state index in [4.69, 9.17) is 5.73 Å². The average molecular weight is 294 g/mol. The predicted molar refractivity (Wildman–Crippen MR) is 86.7 cm³/mol. The molecule has 1 aliphatic rings. The van der Waals surface area contributed by atoms with Crippen molar-refractivity contribution in [3.05, 3.63) is 42.5 Å². The van der Waals surface area contributed by atoms with E-state index in [-0.39, 0.29) is 0 Å². The van der Waals surface area contributed by atoms with Gasteiger partial charge in [-0.15, -0.1) is 0 Å². The van der Waals surface area contributed by atoms with Crippen molar-refractivity contribution in [1.29, 1.82) is 0 Å². The maximum absolute atomic E-state index is 6.08. The number of nitrogens with zero attached hydrogens (tertiary/aromatic N) is 4. The third kappa shape index (κ3) is 2.26. The Morgan fingerprint density at radius 2 is 1.95 bits per heavy atom. The number of nitrogen functional groups attached to an aromatic ring is 1. The molecule has 1 saturated heterocycles. The van der Waals surface area contributed by atoms with Crippen molar-refractivity contribution >= 4 is 22.7 Å². The van der Waals surface area contributed by atoms with Crippen molar-refractivity contribution in [3.8, 4) is 0 Å². The van der Waals surface area contributed by atoms with E-state index < -0.39 is 0 Å². The number of para-hydroxylation sites is 1. The van der Waals surface area contributed by atoms with Gasteiger partial charge in [0.15, 0.2) is 0 Å². The van der Waals surface area contributed by atoms with E-state index in [2.05, 4.69) is 24.8 Å². The predicted octanol–water partition coefficient (Wildman–Crippen LogP) is 2.32. The van der Waals surface area contributed by atoms with E-state index in [0.717, 1.165) is 48.6 Å². The number of benzene rings is 1. The number of anilines is 2. The van der Waals surface area contributed by atoms with Crippen LogP contribution >= 0.6 is 0 Å². The smallest absolute Gasteiger partial charge is 0.227 e. The van der Waals surface area contributed by atoms with Crippen molar-refractivity contribution in [2.24, 2.45) is 0 Å². The third-order valence-corrected chi connectivity index (χ3v) is 4.30. The lowest BCUT2D eigenvalue weighted by molar-refractivity contribution is 0.484. The quantitative estimate of drug-likeness (QED) is 0.758. The number of H-pyrrole nitrogens is 1. The van der Waals surface area contributed by atoms with Crippen LogP contribution in [0.1, 0.15) is 24.6 Å². The van der Waals surface area contributed by atoms with E-state index in [9.17, 15) is 0 Å². The Morgan fingerprint density at radius 1 is 1.14 bits per heavy atom. The molecule has 0 spiro atoms. The van der Waals surface area contributed by atoms with Crippen LogP contribution in [-0.2, 0) is 0 Å². The van der Waals surface area contributed by atoms with Gasteiger partial charge in [-0.05, 0) is 25.0 Å². The highest BCUT2D eigenvalue weighted by molar-refractivity contribution is 5.88. The third-order valence-electron chi connectivity index (χ3n) is 4.30. The molecular weight excluding hydrogens is 276 g/mol. The van der Waals surface area contributed by atoms with Crippen LogP contribution in [0.25, 0.3) is 10.9 Å². The fraction of sp³-hybridized carbons (Fsp3) is 0.312. The minimum absolute atomic E-state index is 0.490. The van der Waals surface area contributed by atoms with Gasteiger partial charge in [0.25, 0.3) is 0 Å². The van der Waals surface area contributed by atoms with E-state index >= 15 is 0 Å². The zero-order valence-corrected chi connectivity index (χ0v) is 12.2. The second kappa shape index (κ2) is 5.29. The number of aromatic nitrogens is 4. The molecule has 0 atom stereocenters. The highest BCUT2D eigenvalue weighted by atomic mass is 15.3. The van der Waals surface area contributed by atoms with Gasteiger partial charge in [0.2, 0.25) is 5.95 Å². The van der Waals surface area contributed by atoms with Gasteiger partial charge in [-0.2, -0.15) is 4.98 Å². The number of nitrogens with one attached hydrogen (secondary N) is 1. The maximum atomic E-state index is 6.08. The summed E-state index contributed by atoms with van der Waals surface area (Å²) in [4.78, 5) is 18.9. The van der Waals surface area contributed by atoms with Gasteiger partial charge in [0, 0.05) is 36.8 Å². The summed E-state index contributed by atoms with van der Waals surface area (Å²) in [6.07, 6.45) is 5.79. The zero-order valence-electron chi connectivity index (χ0n) is 12.2. The monoisotopic (exact) mass is 294 g/mol. The molecule has 6 nitrogen and oxygen atoms in total. The number of nitrogens with two attached hydrogens (primary N) is 1. The van der Waals surface area contributed by atoms with Gasteiger partial charge in [-0.1, -0.05) is 12.1 Å². The molecule has 3 N–H and O–H groups in total. The molecule has 3 heterocycles. The maximum Gasteiger partial charge on any atom is 0.227 e. The molecule has 0 aliphatic carbocycles. The summed E-state index contributed by atoms with van der Waals surface area (Å²) in [7, 11) is 0. The summed E-state index contributed by atoms with van der Waals surface area (Å²) in [5.41, 5.74) is 6.98. The van der Waals surface area contributed by atoms with Gasteiger partial charge >= 0.3 is 0 Å². The second-order valence-corrected chi connectivity index (χ2v) is 5.66. The topological polar surface area (TPSA) is 83.7 Å². The molecule has 112 valence electrons. The molecule has 1 aromatic carbocycles. The Balaban J connectivity index is 1.56. The van der Waals surface area contributed by atoms with Crippen LogP contribution in [-0.4, -0.2) is 33.0 Å². The lowest BCUT2D eigenvalue weighted by Crippen LogP contribution is -2.34. The van der Waals surface area contributed by atoms with E-state index in [1.54, 1.807) is 0 Å². The molecule has 3 aromatic rings. The van der Waals surface area contributed by atoms with Crippen molar-refractivity contribution in [3.63, 3.8) is 0 Å². The molecule has 4 rings (SSSR count). The van der Waals surface area contributed by atoms with E-state index in [0.29, 0.717) is 11.7 Å². The zero-order chi connectivity index (χ0) is 14.9. The van der Waals surface area contributed by atoms with Crippen LogP contribution in [0.2, 0.25) is 0 Å². The largest absolute Gasteiger partial charge is 0.383 e. The van der Waals surface area contributed by atoms with E-state index in [1.807, 2.05) is 36.7 Å². The molecule has 1 fully saturated rings. The fourth-order valence-electron chi connectivity index (χ4n) is 3.08. The number of fused-ring (bicyclic) bond motifs is 1. The van der Waals surface area contributed by atoms with Crippen LogP contribution in [0.4, 0.5) is 11.8 Å². The molecule has 22 heavy (non-hydrogen) atoms. The van der Waals surface area contributed by atoms with Crippen LogP contribution in [0, 0.1) is 0 Å². The summed E-state index contributed by atoms with van der Waals surface area (Å²) in [6.45, 7) is 1.84. The van der Waals surface area contributed by atoms with Crippen LogP contribution in [0.15, 0.2) is 36.7 Å². The van der Waals surface area contributed by atoms with Crippen molar-refractivity contribution in [2.75, 3.05) is 23.7 Å². The summed E-state index contributed by atoms with van der Waals surface area (Å²) in [5, 5.41) is 0.914. The number of rotatable bonds is 2. The summed E-state index contributed by atoms with van der Waals surface area (Å²) in [6, 6.07) is 7.86. The van der Waals surface area contributed by atoms with Gasteiger partial charge in [-0.3, -0.25) is 0 Å². The van der Waals surface area contributed by atoms with Gasteiger partial charge < -0.3 is 15.6 Å². The SMILES string of the molecule is Nc1nc(N2CCC(c3ncc[nH]3)CC2)nc2ccccc12. The molecule has 0 saturated carbocycles. The van der Waals surface area contributed by atoms with Crippen LogP contribution in [0.5, 0.6) is 0 Å². The first kappa shape index (κ1) is 13.1. The molecule has 1 aliphatic heterocycles. The van der Waals surface area contributed by atoms with Crippen LogP contribution in [0.3, 0.4) is 0 Å². The number of piperidine rings is 1. The fourth-order valence-corrected chi connectivity index (χ4v) is 3.08. The average Bonchev–Trinajstić information content (AvgIpc) is 3.09. The first-order valence-corrected chi connectivity index (χ1v) is 7.58. The lowest BCUT2D eigenvalue weighted by Gasteiger charge is -2.31. The minimum Gasteiger partial charge on any atom is -0.383 e. The summed E-state index contributed by atoms with van der Waals surface area (Å²) < 4.78 is 0. The van der Waals surface area contributed by atoms with E-state index in [1.165, 1.54) is 0 Å². The van der Waals surface area contributed by atoms with Crippen LogP contribution < -0.4 is 10.6 Å². The molecule has 0 bridgehead atoms. The standard InChI is InChI=1S/C16H18N6/c17-14-12-3-1-2-4-13(12)20-16(21-14)22-9-5-11(6-10-22)15-18-7-8-19-15/h1-4,7-8,11H,5-6,9-10H2,(H,18,19)(H2,17,20,21). The Morgan fingerprint density at radius 3 is 2.73 bits per heavy atom. The van der Waals surface area contributed by atoms with Crippen molar-refractivity contribution in [1.82, 2.24) is 19.9 Å². The Bertz CT molecular complexity index is 774. The summed E-state index contributed by atoms with van der Waals surface area (Å²) >= 11 is 0. The molecule has 2 aromatic heterocycles. The molecule has 6 heteroatoms. The molecule has 0 radical (unpaired) electrons. The normalized spacial score (nSPS) is 16.3. The number of hydrogen-bond acceptors (Lipinski definition) is 5. The highest BCUT2D eigenvalue weighted by Crippen LogP contribution is 2.28. The first-order chi connectivity index (χ1) is 10.8.